The summed E-state index contributed by atoms with van der Waals surface area (Å²) in [5.41, 5.74) is -0.330. The van der Waals surface area contributed by atoms with Crippen molar-refractivity contribution in [3.05, 3.63) is 75.0 Å². The van der Waals surface area contributed by atoms with Gasteiger partial charge in [0, 0.05) is 27.3 Å². The molecule has 0 aliphatic rings. The lowest BCUT2D eigenvalue weighted by Crippen LogP contribution is -2.41. The number of hydrogen-bond acceptors (Lipinski definition) is 5. The summed E-state index contributed by atoms with van der Waals surface area (Å²) in [5.74, 6) is -0.308. The Morgan fingerprint density at radius 1 is 1.43 bits per heavy atom. The molecule has 5 nitrogen and oxygen atoms in total. The van der Waals surface area contributed by atoms with Crippen LogP contribution in [0, 0.1) is 0 Å². The first-order valence-electron chi connectivity index (χ1n) is 6.77. The molecule has 0 unspecified atom stereocenters. The number of thiophene rings is 1. The molecular weight excluding hydrogens is 380 g/mol. The second kappa shape index (κ2) is 6.66. The van der Waals surface area contributed by atoms with E-state index in [0.717, 1.165) is 4.88 Å². The molecule has 0 aromatic carbocycles. The third kappa shape index (κ3) is 3.36. The van der Waals surface area contributed by atoms with Gasteiger partial charge in [-0.1, -0.05) is 6.07 Å². The highest BCUT2D eigenvalue weighted by Gasteiger charge is 2.34. The van der Waals surface area contributed by atoms with E-state index in [9.17, 15) is 9.90 Å². The first-order valence-corrected chi connectivity index (χ1v) is 8.44. The Labute approximate surface area is 145 Å². The van der Waals surface area contributed by atoms with Gasteiger partial charge in [0.1, 0.15) is 5.60 Å². The molecule has 0 saturated carbocycles. The summed E-state index contributed by atoms with van der Waals surface area (Å²) in [6, 6.07) is 7.03. The lowest BCUT2D eigenvalue weighted by Gasteiger charge is -2.26. The first-order chi connectivity index (χ1) is 11.1. The minimum atomic E-state index is -1.34. The molecule has 23 heavy (non-hydrogen) atoms. The van der Waals surface area contributed by atoms with Crippen LogP contribution in [0.15, 0.2) is 63.5 Å². The van der Waals surface area contributed by atoms with Crippen molar-refractivity contribution in [1.29, 1.82) is 0 Å². The fraction of sp³-hybridized carbons (Fsp3) is 0.125. The number of amides is 1. The Hall–Kier alpha value is -1.96. The van der Waals surface area contributed by atoms with E-state index >= 15 is 0 Å². The van der Waals surface area contributed by atoms with Crippen LogP contribution in [-0.2, 0) is 5.60 Å². The molecule has 7 heteroatoms. The predicted molar refractivity (Wildman–Crippen MR) is 90.3 cm³/mol. The monoisotopic (exact) mass is 392 g/mol. The van der Waals surface area contributed by atoms with Gasteiger partial charge in [-0.2, -0.15) is 0 Å². The lowest BCUT2D eigenvalue weighted by molar-refractivity contribution is 0.0714. The van der Waals surface area contributed by atoms with Gasteiger partial charge in [0.05, 0.1) is 24.6 Å². The molecule has 3 rings (SSSR count). The van der Waals surface area contributed by atoms with Crippen LogP contribution >= 0.6 is 27.3 Å². The summed E-state index contributed by atoms with van der Waals surface area (Å²) in [7, 11) is 0. The van der Waals surface area contributed by atoms with Crippen LogP contribution in [-0.4, -0.2) is 22.5 Å². The molecule has 118 valence electrons. The maximum atomic E-state index is 12.3. The largest absolute Gasteiger partial charge is 0.472 e. The molecule has 3 aromatic rings. The van der Waals surface area contributed by atoms with Crippen LogP contribution < -0.4 is 5.32 Å². The molecule has 3 heterocycles. The highest BCUT2D eigenvalue weighted by molar-refractivity contribution is 9.10. The van der Waals surface area contributed by atoms with E-state index in [1.807, 2.05) is 17.5 Å². The fourth-order valence-electron chi connectivity index (χ4n) is 2.19. The van der Waals surface area contributed by atoms with Crippen LogP contribution in [0.1, 0.15) is 20.8 Å². The molecule has 3 aromatic heterocycles. The van der Waals surface area contributed by atoms with Gasteiger partial charge >= 0.3 is 0 Å². The van der Waals surface area contributed by atoms with E-state index < -0.39 is 5.60 Å². The van der Waals surface area contributed by atoms with Gasteiger partial charge in [-0.05, 0) is 39.5 Å². The van der Waals surface area contributed by atoms with Gasteiger partial charge in [0.15, 0.2) is 0 Å². The van der Waals surface area contributed by atoms with Crippen molar-refractivity contribution < 1.29 is 14.3 Å². The van der Waals surface area contributed by atoms with Gasteiger partial charge in [-0.25, -0.2) is 0 Å². The SMILES string of the molecule is O=C(NC[C@@](O)(c1ccoc1)c1cccs1)c1cncc(Br)c1. The Kier molecular flexibility index (Phi) is 4.61. The molecule has 0 fully saturated rings. The Balaban J connectivity index is 1.82. The smallest absolute Gasteiger partial charge is 0.253 e. The van der Waals surface area contributed by atoms with Gasteiger partial charge in [0.25, 0.3) is 5.91 Å². The second-order valence-electron chi connectivity index (χ2n) is 4.92. The van der Waals surface area contributed by atoms with E-state index in [-0.39, 0.29) is 12.5 Å². The molecule has 1 atom stereocenters. The van der Waals surface area contributed by atoms with Gasteiger partial charge < -0.3 is 14.8 Å². The number of hydrogen-bond donors (Lipinski definition) is 2. The van der Waals surface area contributed by atoms with E-state index in [2.05, 4.69) is 26.2 Å². The van der Waals surface area contributed by atoms with Crippen LogP contribution in [0.5, 0.6) is 0 Å². The fourth-order valence-corrected chi connectivity index (χ4v) is 3.40. The Morgan fingerprint density at radius 3 is 2.96 bits per heavy atom. The van der Waals surface area contributed by atoms with E-state index in [0.29, 0.717) is 15.6 Å². The van der Waals surface area contributed by atoms with Crippen molar-refractivity contribution in [2.45, 2.75) is 5.60 Å². The first kappa shape index (κ1) is 15.9. The predicted octanol–water partition coefficient (Wildman–Crippen LogP) is 3.16. The number of pyridine rings is 1. The molecule has 0 aliphatic heterocycles. The number of nitrogens with zero attached hydrogens (tertiary/aromatic N) is 1. The zero-order chi connectivity index (χ0) is 16.3. The minimum absolute atomic E-state index is 0.0262. The van der Waals surface area contributed by atoms with Crippen LogP contribution in [0.3, 0.4) is 0 Å². The number of aliphatic hydroxyl groups is 1. The highest BCUT2D eigenvalue weighted by atomic mass is 79.9. The van der Waals surface area contributed by atoms with E-state index in [4.69, 9.17) is 4.42 Å². The molecule has 0 bridgehead atoms. The Morgan fingerprint density at radius 2 is 2.30 bits per heavy atom. The maximum Gasteiger partial charge on any atom is 0.253 e. The van der Waals surface area contributed by atoms with Gasteiger partial charge in [0.2, 0.25) is 0 Å². The maximum absolute atomic E-state index is 12.3. The van der Waals surface area contributed by atoms with Crippen molar-refractivity contribution in [3.63, 3.8) is 0 Å². The molecule has 0 radical (unpaired) electrons. The molecule has 1 amide bonds. The molecule has 2 N–H and O–H groups in total. The zero-order valence-electron chi connectivity index (χ0n) is 11.9. The van der Waals surface area contributed by atoms with Crippen molar-refractivity contribution >= 4 is 33.2 Å². The van der Waals surface area contributed by atoms with E-state index in [1.54, 1.807) is 18.3 Å². The minimum Gasteiger partial charge on any atom is -0.472 e. The van der Waals surface area contributed by atoms with Gasteiger partial charge in [-0.15, -0.1) is 11.3 Å². The number of aromatic nitrogens is 1. The number of halogens is 1. The normalized spacial score (nSPS) is 13.5. The summed E-state index contributed by atoms with van der Waals surface area (Å²) in [5, 5.41) is 15.7. The van der Waals surface area contributed by atoms with Crippen LogP contribution in [0.25, 0.3) is 0 Å². The third-order valence-corrected chi connectivity index (χ3v) is 4.85. The summed E-state index contributed by atoms with van der Waals surface area (Å²) in [6.07, 6.45) is 6.05. The zero-order valence-corrected chi connectivity index (χ0v) is 14.3. The number of nitrogens with one attached hydrogen (secondary N) is 1. The van der Waals surface area contributed by atoms with Crippen molar-refractivity contribution in [3.8, 4) is 0 Å². The quantitative estimate of drug-likeness (QED) is 0.698. The van der Waals surface area contributed by atoms with Crippen LogP contribution in [0.2, 0.25) is 0 Å². The summed E-state index contributed by atoms with van der Waals surface area (Å²) in [4.78, 5) is 17.0. The number of rotatable bonds is 5. The summed E-state index contributed by atoms with van der Waals surface area (Å²) >= 11 is 4.70. The summed E-state index contributed by atoms with van der Waals surface area (Å²) in [6.45, 7) is 0.0262. The topological polar surface area (TPSA) is 75.4 Å². The van der Waals surface area contributed by atoms with Crippen molar-refractivity contribution in [1.82, 2.24) is 10.3 Å². The van der Waals surface area contributed by atoms with Crippen molar-refractivity contribution in [2.24, 2.45) is 0 Å². The standard InChI is InChI=1S/C16H13BrN2O3S/c17-13-6-11(7-18-8-13)15(20)19-10-16(21,12-3-4-22-9-12)14-2-1-5-23-14/h1-9,21H,10H2,(H,19,20)/t16-/m1/s1. The average Bonchev–Trinajstić information content (AvgIpc) is 3.25. The highest BCUT2D eigenvalue weighted by Crippen LogP contribution is 2.32. The third-order valence-electron chi connectivity index (χ3n) is 3.40. The van der Waals surface area contributed by atoms with Gasteiger partial charge in [-0.3, -0.25) is 9.78 Å². The van der Waals surface area contributed by atoms with Crippen LogP contribution in [0.4, 0.5) is 0 Å². The molecular formula is C16H13BrN2O3S. The number of carbonyl (C=O) groups is 1. The molecule has 0 saturated heterocycles. The second-order valence-corrected chi connectivity index (χ2v) is 6.79. The summed E-state index contributed by atoms with van der Waals surface area (Å²) < 4.78 is 5.80. The molecule has 0 spiro atoms. The average molecular weight is 393 g/mol. The van der Waals surface area contributed by atoms with E-state index in [1.165, 1.54) is 30.1 Å². The Bertz CT molecular complexity index is 753. The number of furan rings is 1. The number of carbonyl (C=O) groups excluding carboxylic acids is 1. The lowest BCUT2D eigenvalue weighted by atomic mass is 9.94. The van der Waals surface area contributed by atoms with Crippen molar-refractivity contribution in [2.75, 3.05) is 6.54 Å². The molecule has 0 aliphatic carbocycles.